The molecule has 1 aliphatic heterocycles. The average Bonchev–Trinajstić information content (AvgIpc) is 3.14. The van der Waals surface area contributed by atoms with Gasteiger partial charge in [-0.2, -0.15) is 30.6 Å². The number of aryl methyl sites for hydroxylation is 1. The molecule has 8 nitrogen and oxygen atoms in total. The number of H-pyrrole nitrogens is 1. The summed E-state index contributed by atoms with van der Waals surface area (Å²) in [5, 5.41) is 5.74. The fraction of sp³-hybridized carbons (Fsp3) is 0.579. The molecule has 32 heavy (non-hydrogen) atoms. The van der Waals surface area contributed by atoms with E-state index in [4.69, 9.17) is 4.42 Å². The molecule has 2 aromatic rings. The van der Waals surface area contributed by atoms with Crippen molar-refractivity contribution in [3.8, 4) is 0 Å². The third kappa shape index (κ3) is 5.04. The first-order valence-corrected chi connectivity index (χ1v) is 11.4. The van der Waals surface area contributed by atoms with Crippen LogP contribution in [0.3, 0.4) is 0 Å². The molecule has 0 aliphatic carbocycles. The second kappa shape index (κ2) is 8.94. The zero-order valence-electron chi connectivity index (χ0n) is 17.7. The van der Waals surface area contributed by atoms with Gasteiger partial charge in [0.1, 0.15) is 11.9 Å². The van der Waals surface area contributed by atoms with Crippen LogP contribution in [0.5, 0.6) is 0 Å². The Balaban J connectivity index is 1.91. The molecule has 2 atom stereocenters. The van der Waals surface area contributed by atoms with Crippen molar-refractivity contribution in [1.82, 2.24) is 19.2 Å². The lowest BCUT2D eigenvalue weighted by Gasteiger charge is -2.33. The summed E-state index contributed by atoms with van der Waals surface area (Å²) in [6.07, 6.45) is -5.12. The van der Waals surface area contributed by atoms with Crippen molar-refractivity contribution in [2.24, 2.45) is 5.92 Å². The van der Waals surface area contributed by atoms with Crippen LogP contribution in [0.4, 0.5) is 17.6 Å². The fourth-order valence-electron chi connectivity index (χ4n) is 3.93. The van der Waals surface area contributed by atoms with E-state index in [1.54, 1.807) is 26.8 Å². The van der Waals surface area contributed by atoms with Crippen LogP contribution in [-0.4, -0.2) is 42.2 Å². The van der Waals surface area contributed by atoms with Crippen molar-refractivity contribution < 1.29 is 30.4 Å². The number of aromatic amines is 1. The van der Waals surface area contributed by atoms with Gasteiger partial charge in [-0.1, -0.05) is 13.0 Å². The van der Waals surface area contributed by atoms with Crippen molar-refractivity contribution >= 4 is 10.2 Å². The van der Waals surface area contributed by atoms with Crippen molar-refractivity contribution in [2.45, 2.75) is 51.7 Å². The Morgan fingerprint density at radius 3 is 2.41 bits per heavy atom. The fourth-order valence-corrected chi connectivity index (χ4v) is 5.40. The molecule has 13 heteroatoms. The van der Waals surface area contributed by atoms with Crippen LogP contribution in [0.25, 0.3) is 0 Å². The molecule has 0 radical (unpaired) electrons. The second-order valence-corrected chi connectivity index (χ2v) is 9.66. The number of aromatic nitrogens is 2. The van der Waals surface area contributed by atoms with Crippen LogP contribution in [0.2, 0.25) is 0 Å². The molecule has 1 unspecified atom stereocenters. The molecule has 178 valence electrons. The van der Waals surface area contributed by atoms with Crippen LogP contribution in [0.1, 0.15) is 54.3 Å². The van der Waals surface area contributed by atoms with Gasteiger partial charge in [-0.15, -0.1) is 5.10 Å². The summed E-state index contributed by atoms with van der Waals surface area (Å²) < 4.78 is 87.7. The Labute approximate surface area is 182 Å². The quantitative estimate of drug-likeness (QED) is 0.618. The standard InChI is InChI=1S/C19H24F4N4O4S/c1-10-4-5-14(20)15(11(10)2)12(3)16(17-24-25-18(28)31-17)26-32(29,30)27-8-6-13(7-9-27)19(21,22)23/h4-5,12-13,16,26H,6-9H2,1-3H3,(H,25,28)/t12?,16-/m0/s1. The van der Waals surface area contributed by atoms with Gasteiger partial charge in [0.15, 0.2) is 0 Å². The SMILES string of the molecule is Cc1ccc(F)c(C(C)[C@H](NS(=O)(=O)N2CCC(C(F)(F)F)CC2)c2n[nH]c(=O)o2)c1C. The van der Waals surface area contributed by atoms with Gasteiger partial charge in [0.05, 0.1) is 5.92 Å². The summed E-state index contributed by atoms with van der Waals surface area (Å²) in [6.45, 7) is 4.33. The lowest BCUT2D eigenvalue weighted by molar-refractivity contribution is -0.182. The molecule has 2 N–H and O–H groups in total. The number of nitrogens with zero attached hydrogens (tertiary/aromatic N) is 2. The first kappa shape index (κ1) is 24.4. The number of hydrogen-bond donors (Lipinski definition) is 2. The van der Waals surface area contributed by atoms with Gasteiger partial charge in [-0.25, -0.2) is 14.3 Å². The molecule has 1 aromatic heterocycles. The zero-order chi connectivity index (χ0) is 23.8. The van der Waals surface area contributed by atoms with E-state index in [1.807, 2.05) is 5.10 Å². The summed E-state index contributed by atoms with van der Waals surface area (Å²) in [4.78, 5) is 11.5. The average molecular weight is 480 g/mol. The maximum Gasteiger partial charge on any atom is 0.434 e. The summed E-state index contributed by atoms with van der Waals surface area (Å²) in [5.41, 5.74) is 1.57. The molecule has 3 rings (SSSR count). The van der Waals surface area contributed by atoms with Crippen LogP contribution < -0.4 is 10.5 Å². The lowest BCUT2D eigenvalue weighted by Crippen LogP contribution is -2.48. The van der Waals surface area contributed by atoms with Crippen LogP contribution in [0, 0.1) is 25.6 Å². The first-order chi connectivity index (χ1) is 14.8. The van der Waals surface area contributed by atoms with Gasteiger partial charge in [0.25, 0.3) is 10.2 Å². The molecule has 1 aromatic carbocycles. The van der Waals surface area contributed by atoms with E-state index in [0.29, 0.717) is 5.56 Å². The Morgan fingerprint density at radius 2 is 1.88 bits per heavy atom. The van der Waals surface area contributed by atoms with Crippen molar-refractivity contribution in [3.05, 3.63) is 51.1 Å². The molecule has 0 amide bonds. The number of benzene rings is 1. The molecular formula is C19H24F4N4O4S. The molecule has 1 saturated heterocycles. The highest BCUT2D eigenvalue weighted by Gasteiger charge is 2.43. The second-order valence-electron chi connectivity index (χ2n) is 7.96. The molecule has 0 bridgehead atoms. The normalized spacial score (nSPS) is 18.6. The van der Waals surface area contributed by atoms with Crippen LogP contribution in [-0.2, 0) is 10.2 Å². The number of rotatable bonds is 6. The van der Waals surface area contributed by atoms with Gasteiger partial charge < -0.3 is 4.42 Å². The van der Waals surface area contributed by atoms with Crippen LogP contribution >= 0.6 is 0 Å². The summed E-state index contributed by atoms with van der Waals surface area (Å²) >= 11 is 0. The maximum atomic E-state index is 14.7. The minimum atomic E-state index is -4.39. The van der Waals surface area contributed by atoms with E-state index < -0.39 is 45.8 Å². The smallest absolute Gasteiger partial charge is 0.391 e. The number of alkyl halides is 3. The van der Waals surface area contributed by atoms with Crippen LogP contribution in [0.15, 0.2) is 21.3 Å². The first-order valence-electron chi connectivity index (χ1n) is 9.96. The number of halogens is 4. The maximum absolute atomic E-state index is 14.7. The van der Waals surface area contributed by atoms with E-state index in [2.05, 4.69) is 9.82 Å². The molecule has 2 heterocycles. The predicted octanol–water partition coefficient (Wildman–Crippen LogP) is 3.07. The number of hydrogen-bond acceptors (Lipinski definition) is 5. The molecular weight excluding hydrogens is 456 g/mol. The van der Waals surface area contributed by atoms with E-state index in [1.165, 1.54) is 6.07 Å². The summed E-state index contributed by atoms with van der Waals surface area (Å²) in [6, 6.07) is 1.55. The van der Waals surface area contributed by atoms with E-state index >= 15 is 0 Å². The Bertz CT molecular complexity index is 1120. The molecule has 0 saturated carbocycles. The summed E-state index contributed by atoms with van der Waals surface area (Å²) in [5.74, 6) is -4.24. The van der Waals surface area contributed by atoms with Crippen molar-refractivity contribution in [1.29, 1.82) is 0 Å². The Kier molecular flexibility index (Phi) is 6.82. The van der Waals surface area contributed by atoms with Gasteiger partial charge >= 0.3 is 11.9 Å². The van der Waals surface area contributed by atoms with E-state index in [9.17, 15) is 30.8 Å². The van der Waals surface area contributed by atoms with Crippen molar-refractivity contribution in [2.75, 3.05) is 13.1 Å². The largest absolute Gasteiger partial charge is 0.434 e. The number of piperidine rings is 1. The van der Waals surface area contributed by atoms with Gasteiger partial charge in [0.2, 0.25) is 5.89 Å². The van der Waals surface area contributed by atoms with Gasteiger partial charge in [0, 0.05) is 19.0 Å². The predicted molar refractivity (Wildman–Crippen MR) is 107 cm³/mol. The van der Waals surface area contributed by atoms with Gasteiger partial charge in [-0.3, -0.25) is 0 Å². The highest BCUT2D eigenvalue weighted by atomic mass is 32.2. The lowest BCUT2D eigenvalue weighted by atomic mass is 9.88. The monoisotopic (exact) mass is 480 g/mol. The minimum Gasteiger partial charge on any atom is -0.391 e. The van der Waals surface area contributed by atoms with E-state index in [0.717, 1.165) is 9.87 Å². The molecule has 1 aliphatic rings. The zero-order valence-corrected chi connectivity index (χ0v) is 18.5. The molecule has 1 fully saturated rings. The van der Waals surface area contributed by atoms with Crippen molar-refractivity contribution in [3.63, 3.8) is 0 Å². The number of nitrogens with one attached hydrogen (secondary N) is 2. The third-order valence-electron chi connectivity index (χ3n) is 5.94. The summed E-state index contributed by atoms with van der Waals surface area (Å²) in [7, 11) is -4.30. The highest BCUT2D eigenvalue weighted by Crippen LogP contribution is 2.37. The van der Waals surface area contributed by atoms with Gasteiger partial charge in [-0.05, 0) is 49.4 Å². The third-order valence-corrected chi connectivity index (χ3v) is 7.54. The van der Waals surface area contributed by atoms with E-state index in [-0.39, 0.29) is 37.4 Å². The minimum absolute atomic E-state index is 0.208. The topological polar surface area (TPSA) is 108 Å². The molecule has 0 spiro atoms. The Morgan fingerprint density at radius 1 is 1.25 bits per heavy atom. The highest BCUT2D eigenvalue weighted by molar-refractivity contribution is 7.87. The Hall–Kier alpha value is -2.25.